The van der Waals surface area contributed by atoms with Gasteiger partial charge in [-0.2, -0.15) is 0 Å². The SMILES string of the molecule is CCn1c(SC(C)C(=O)c2ccc3c(c2)CCC3)nnc1-c1ccccc1OC. The molecular weight excluding hydrogens is 382 g/mol. The predicted octanol–water partition coefficient (Wildman–Crippen LogP) is 4.83. The third-order valence-electron chi connectivity index (χ3n) is 5.42. The third-order valence-corrected chi connectivity index (χ3v) is 6.50. The average Bonchev–Trinajstić information content (AvgIpc) is 3.38. The standard InChI is InChI=1S/C23H25N3O2S/c1-4-26-22(19-10-5-6-11-20(19)28-3)24-25-23(26)29-15(2)21(27)18-13-12-16-8-7-9-17(16)14-18/h5-6,10-15H,4,7-9H2,1-3H3. The number of ketones is 1. The summed E-state index contributed by atoms with van der Waals surface area (Å²) in [6, 6.07) is 13.9. The number of rotatable bonds is 7. The number of para-hydroxylation sites is 1. The molecule has 0 bridgehead atoms. The van der Waals surface area contributed by atoms with Crippen molar-refractivity contribution >= 4 is 17.5 Å². The van der Waals surface area contributed by atoms with Crippen LogP contribution in [0, 0.1) is 0 Å². The van der Waals surface area contributed by atoms with Crippen LogP contribution in [0.2, 0.25) is 0 Å². The molecule has 1 atom stereocenters. The minimum Gasteiger partial charge on any atom is -0.496 e. The van der Waals surface area contributed by atoms with Gasteiger partial charge >= 0.3 is 0 Å². The van der Waals surface area contributed by atoms with E-state index < -0.39 is 0 Å². The fraction of sp³-hybridized carbons (Fsp3) is 0.348. The first kappa shape index (κ1) is 19.7. The second-order valence-electron chi connectivity index (χ2n) is 7.21. The summed E-state index contributed by atoms with van der Waals surface area (Å²) in [5, 5.41) is 9.28. The molecule has 0 saturated carbocycles. The second-order valence-corrected chi connectivity index (χ2v) is 8.52. The van der Waals surface area contributed by atoms with Crippen LogP contribution in [0.5, 0.6) is 5.75 Å². The quantitative estimate of drug-likeness (QED) is 0.415. The van der Waals surface area contributed by atoms with Crippen molar-refractivity contribution in [3.05, 3.63) is 59.2 Å². The number of fused-ring (bicyclic) bond motifs is 1. The van der Waals surface area contributed by atoms with Gasteiger partial charge in [-0.3, -0.25) is 4.79 Å². The Morgan fingerprint density at radius 3 is 2.76 bits per heavy atom. The van der Waals surface area contributed by atoms with E-state index in [2.05, 4.69) is 29.3 Å². The molecule has 5 nitrogen and oxygen atoms in total. The molecule has 1 unspecified atom stereocenters. The number of methoxy groups -OCH3 is 1. The molecule has 0 radical (unpaired) electrons. The number of Topliss-reactive ketones (excluding diaryl/α,β-unsaturated/α-hetero) is 1. The van der Waals surface area contributed by atoms with Crippen molar-refractivity contribution in [1.82, 2.24) is 14.8 Å². The maximum atomic E-state index is 13.0. The van der Waals surface area contributed by atoms with Crippen molar-refractivity contribution in [3.63, 3.8) is 0 Å². The number of hydrogen-bond donors (Lipinski definition) is 0. The van der Waals surface area contributed by atoms with E-state index in [1.807, 2.05) is 41.8 Å². The summed E-state index contributed by atoms with van der Waals surface area (Å²) in [5.41, 5.74) is 4.39. The third kappa shape index (κ3) is 3.81. The van der Waals surface area contributed by atoms with Crippen LogP contribution in [0.1, 0.15) is 41.8 Å². The molecule has 150 valence electrons. The van der Waals surface area contributed by atoms with Crippen LogP contribution < -0.4 is 4.74 Å². The first-order valence-electron chi connectivity index (χ1n) is 10.0. The molecule has 0 N–H and O–H groups in total. The average molecular weight is 408 g/mol. The highest BCUT2D eigenvalue weighted by molar-refractivity contribution is 8.00. The van der Waals surface area contributed by atoms with Gasteiger partial charge in [0.2, 0.25) is 0 Å². The Balaban J connectivity index is 1.58. The summed E-state index contributed by atoms with van der Waals surface area (Å²) < 4.78 is 7.52. The van der Waals surface area contributed by atoms with Crippen molar-refractivity contribution in [1.29, 1.82) is 0 Å². The van der Waals surface area contributed by atoms with Gasteiger partial charge in [0.1, 0.15) is 5.75 Å². The van der Waals surface area contributed by atoms with Crippen LogP contribution in [0.15, 0.2) is 47.6 Å². The van der Waals surface area contributed by atoms with Crippen molar-refractivity contribution in [2.45, 2.75) is 50.1 Å². The van der Waals surface area contributed by atoms with Crippen molar-refractivity contribution < 1.29 is 9.53 Å². The molecule has 0 saturated heterocycles. The van der Waals surface area contributed by atoms with Crippen LogP contribution in [0.25, 0.3) is 11.4 Å². The van der Waals surface area contributed by atoms with E-state index in [9.17, 15) is 4.79 Å². The normalized spacial score (nSPS) is 13.9. The molecule has 1 heterocycles. The molecule has 0 spiro atoms. The Morgan fingerprint density at radius 2 is 1.97 bits per heavy atom. The van der Waals surface area contributed by atoms with E-state index in [-0.39, 0.29) is 11.0 Å². The summed E-state index contributed by atoms with van der Waals surface area (Å²) in [5.74, 6) is 1.65. The molecule has 0 fully saturated rings. The molecule has 3 aromatic rings. The monoisotopic (exact) mass is 407 g/mol. The number of aryl methyl sites for hydroxylation is 2. The number of thioether (sulfide) groups is 1. The summed E-state index contributed by atoms with van der Waals surface area (Å²) in [4.78, 5) is 13.0. The number of carbonyl (C=O) groups is 1. The van der Waals surface area contributed by atoms with Gasteiger partial charge in [-0.05, 0) is 62.4 Å². The lowest BCUT2D eigenvalue weighted by atomic mass is 10.0. The number of benzene rings is 2. The van der Waals surface area contributed by atoms with E-state index in [0.717, 1.165) is 40.7 Å². The van der Waals surface area contributed by atoms with Crippen molar-refractivity contribution in [2.24, 2.45) is 0 Å². The molecule has 0 aliphatic heterocycles. The minimum atomic E-state index is -0.241. The summed E-state index contributed by atoms with van der Waals surface area (Å²) in [6.45, 7) is 4.71. The van der Waals surface area contributed by atoms with Gasteiger partial charge < -0.3 is 9.30 Å². The summed E-state index contributed by atoms with van der Waals surface area (Å²) >= 11 is 1.46. The first-order valence-corrected chi connectivity index (χ1v) is 10.9. The van der Waals surface area contributed by atoms with E-state index in [1.165, 1.54) is 29.3 Å². The van der Waals surface area contributed by atoms with E-state index in [1.54, 1.807) is 7.11 Å². The van der Waals surface area contributed by atoms with Gasteiger partial charge in [0.25, 0.3) is 0 Å². The van der Waals surface area contributed by atoms with Crippen LogP contribution in [-0.2, 0) is 19.4 Å². The van der Waals surface area contributed by atoms with Gasteiger partial charge in [0.15, 0.2) is 16.8 Å². The lowest BCUT2D eigenvalue weighted by Gasteiger charge is -2.13. The first-order chi connectivity index (χ1) is 14.1. The zero-order chi connectivity index (χ0) is 20.4. The molecule has 2 aromatic carbocycles. The Morgan fingerprint density at radius 1 is 1.17 bits per heavy atom. The van der Waals surface area contributed by atoms with Crippen LogP contribution >= 0.6 is 11.8 Å². The maximum Gasteiger partial charge on any atom is 0.192 e. The topological polar surface area (TPSA) is 57.0 Å². The zero-order valence-corrected chi connectivity index (χ0v) is 17.8. The number of nitrogens with zero attached hydrogens (tertiary/aromatic N) is 3. The van der Waals surface area contributed by atoms with Gasteiger partial charge in [0.05, 0.1) is 17.9 Å². The molecule has 6 heteroatoms. The molecule has 1 aromatic heterocycles. The Hall–Kier alpha value is -2.60. The lowest BCUT2D eigenvalue weighted by Crippen LogP contribution is -2.15. The fourth-order valence-corrected chi connectivity index (χ4v) is 4.85. The second kappa shape index (κ2) is 8.41. The molecule has 1 aliphatic rings. The molecule has 4 rings (SSSR count). The number of aromatic nitrogens is 3. The highest BCUT2D eigenvalue weighted by atomic mass is 32.2. The van der Waals surface area contributed by atoms with Crippen molar-refractivity contribution in [3.8, 4) is 17.1 Å². The van der Waals surface area contributed by atoms with Gasteiger partial charge in [-0.1, -0.05) is 36.0 Å². The number of ether oxygens (including phenoxy) is 1. The van der Waals surface area contributed by atoms with Crippen LogP contribution in [0.4, 0.5) is 0 Å². The van der Waals surface area contributed by atoms with Crippen LogP contribution in [0.3, 0.4) is 0 Å². The van der Waals surface area contributed by atoms with Gasteiger partial charge in [-0.25, -0.2) is 0 Å². The predicted molar refractivity (Wildman–Crippen MR) is 116 cm³/mol. The largest absolute Gasteiger partial charge is 0.496 e. The van der Waals surface area contributed by atoms with Gasteiger partial charge in [-0.15, -0.1) is 10.2 Å². The Kier molecular flexibility index (Phi) is 5.72. The highest BCUT2D eigenvalue weighted by Gasteiger charge is 2.23. The highest BCUT2D eigenvalue weighted by Crippen LogP contribution is 2.33. The van der Waals surface area contributed by atoms with E-state index in [0.29, 0.717) is 6.54 Å². The zero-order valence-electron chi connectivity index (χ0n) is 17.0. The Bertz CT molecular complexity index is 1040. The smallest absolute Gasteiger partial charge is 0.192 e. The molecule has 1 aliphatic carbocycles. The molecule has 29 heavy (non-hydrogen) atoms. The maximum absolute atomic E-state index is 13.0. The lowest BCUT2D eigenvalue weighted by molar-refractivity contribution is 0.0993. The van der Waals surface area contributed by atoms with E-state index >= 15 is 0 Å². The fourth-order valence-electron chi connectivity index (χ4n) is 3.86. The Labute approximate surface area is 175 Å². The minimum absolute atomic E-state index is 0.134. The summed E-state index contributed by atoms with van der Waals surface area (Å²) in [7, 11) is 1.65. The van der Waals surface area contributed by atoms with E-state index in [4.69, 9.17) is 4.74 Å². The molecule has 0 amide bonds. The summed E-state index contributed by atoms with van der Waals surface area (Å²) in [6.07, 6.45) is 3.38. The van der Waals surface area contributed by atoms with Crippen molar-refractivity contribution in [2.75, 3.05) is 7.11 Å². The molecular formula is C23H25N3O2S. The number of hydrogen-bond acceptors (Lipinski definition) is 5. The van der Waals surface area contributed by atoms with Gasteiger partial charge in [0, 0.05) is 12.1 Å². The number of carbonyl (C=O) groups excluding carboxylic acids is 1. The van der Waals surface area contributed by atoms with Crippen LogP contribution in [-0.4, -0.2) is 32.9 Å².